The molecule has 6 heteroatoms. The highest BCUT2D eigenvalue weighted by Crippen LogP contribution is 2.25. The minimum atomic E-state index is -0.808. The minimum Gasteiger partial charge on any atom is -0.265 e. The lowest BCUT2D eigenvalue weighted by Gasteiger charge is -2.20. The van der Waals surface area contributed by atoms with Crippen molar-refractivity contribution in [3.63, 3.8) is 0 Å². The van der Waals surface area contributed by atoms with Crippen LogP contribution in [0.25, 0.3) is 0 Å². The van der Waals surface area contributed by atoms with Crippen molar-refractivity contribution < 1.29 is 9.85 Å². The molecule has 0 saturated carbocycles. The highest BCUT2D eigenvalue weighted by molar-refractivity contribution is 4.72. The summed E-state index contributed by atoms with van der Waals surface area (Å²) in [5.74, 6) is 0. The number of hydrogen-bond acceptors (Lipinski definition) is 4. The van der Waals surface area contributed by atoms with Gasteiger partial charge in [-0.2, -0.15) is 0 Å². The second kappa shape index (κ2) is 8.83. The van der Waals surface area contributed by atoms with Gasteiger partial charge in [-0.15, -0.1) is 0 Å². The van der Waals surface area contributed by atoms with Crippen LogP contribution in [0.3, 0.4) is 0 Å². The summed E-state index contributed by atoms with van der Waals surface area (Å²) in [6, 6.07) is 0. The quantitative estimate of drug-likeness (QED) is 0.324. The summed E-state index contributed by atoms with van der Waals surface area (Å²) in [6.45, 7) is 3.15. The average Bonchev–Trinajstić information content (AvgIpc) is 2.20. The lowest BCUT2D eigenvalue weighted by Crippen LogP contribution is -2.34. The molecule has 0 aliphatic rings. The third kappa shape index (κ3) is 8.90. The van der Waals surface area contributed by atoms with Gasteiger partial charge in [0.05, 0.1) is 5.41 Å². The number of unbranched alkanes of at least 4 members (excludes halogenated alkanes) is 5. The molecule has 0 aromatic heterocycles. The van der Waals surface area contributed by atoms with E-state index >= 15 is 0 Å². The molecule has 0 rings (SSSR count). The molecule has 6 nitrogen and oxygen atoms in total. The Morgan fingerprint density at radius 1 is 0.889 bits per heavy atom. The Hall–Kier alpha value is -1.20. The zero-order chi connectivity index (χ0) is 14.0. The Bertz CT molecular complexity index is 253. The first kappa shape index (κ1) is 16.8. The maximum Gasteiger partial charge on any atom is 0.215 e. The Morgan fingerprint density at radius 2 is 1.33 bits per heavy atom. The maximum atomic E-state index is 10.6. The van der Waals surface area contributed by atoms with E-state index in [2.05, 4.69) is 6.92 Å². The van der Waals surface area contributed by atoms with E-state index in [-0.39, 0.29) is 13.1 Å². The van der Waals surface area contributed by atoms with Crippen LogP contribution in [0.15, 0.2) is 0 Å². The molecule has 0 amide bonds. The van der Waals surface area contributed by atoms with Crippen LogP contribution in [0.5, 0.6) is 0 Å². The summed E-state index contributed by atoms with van der Waals surface area (Å²) in [7, 11) is 0. The Morgan fingerprint density at radius 3 is 1.78 bits per heavy atom. The van der Waals surface area contributed by atoms with Gasteiger partial charge >= 0.3 is 0 Å². The van der Waals surface area contributed by atoms with Crippen LogP contribution in [-0.4, -0.2) is 22.9 Å². The Balaban J connectivity index is 4.01. The van der Waals surface area contributed by atoms with Crippen LogP contribution in [0.4, 0.5) is 0 Å². The normalized spacial score (nSPS) is 11.4. The van der Waals surface area contributed by atoms with Crippen LogP contribution < -0.4 is 0 Å². The van der Waals surface area contributed by atoms with Crippen molar-refractivity contribution in [2.24, 2.45) is 5.41 Å². The third-order valence-electron chi connectivity index (χ3n) is 3.16. The van der Waals surface area contributed by atoms with E-state index in [1.54, 1.807) is 6.92 Å². The fourth-order valence-electron chi connectivity index (χ4n) is 2.16. The maximum absolute atomic E-state index is 10.6. The van der Waals surface area contributed by atoms with Crippen molar-refractivity contribution >= 4 is 0 Å². The summed E-state index contributed by atoms with van der Waals surface area (Å²) in [5, 5.41) is 21.1. The summed E-state index contributed by atoms with van der Waals surface area (Å²) in [6.07, 6.45) is 7.08. The Labute approximate surface area is 108 Å². The molecular weight excluding hydrogens is 236 g/mol. The molecule has 106 valence electrons. The second-order valence-electron chi connectivity index (χ2n) is 5.31. The van der Waals surface area contributed by atoms with Gasteiger partial charge in [-0.1, -0.05) is 45.4 Å². The molecule has 0 spiro atoms. The van der Waals surface area contributed by atoms with Crippen molar-refractivity contribution in [1.29, 1.82) is 0 Å². The fourth-order valence-corrected chi connectivity index (χ4v) is 2.16. The SMILES string of the molecule is CCCCCCCCC(C)(C[N+](=O)[O-])C[N+](=O)[O-]. The van der Waals surface area contributed by atoms with Gasteiger partial charge in [0.2, 0.25) is 13.1 Å². The second-order valence-corrected chi connectivity index (χ2v) is 5.31. The van der Waals surface area contributed by atoms with Crippen LogP contribution in [0.2, 0.25) is 0 Å². The average molecular weight is 260 g/mol. The zero-order valence-corrected chi connectivity index (χ0v) is 11.4. The third-order valence-corrected chi connectivity index (χ3v) is 3.16. The first-order valence-corrected chi connectivity index (χ1v) is 6.63. The molecule has 0 aliphatic heterocycles. The van der Waals surface area contributed by atoms with E-state index < -0.39 is 15.3 Å². The summed E-state index contributed by atoms with van der Waals surface area (Å²) in [4.78, 5) is 20.2. The molecular formula is C12H24N2O4. The molecule has 0 atom stereocenters. The van der Waals surface area contributed by atoms with Gasteiger partial charge < -0.3 is 0 Å². The summed E-state index contributed by atoms with van der Waals surface area (Å²) < 4.78 is 0. The van der Waals surface area contributed by atoms with Gasteiger partial charge in [-0.25, -0.2) is 0 Å². The van der Waals surface area contributed by atoms with Crippen molar-refractivity contribution in [2.45, 2.75) is 58.8 Å². The van der Waals surface area contributed by atoms with Crippen LogP contribution in [-0.2, 0) is 0 Å². The van der Waals surface area contributed by atoms with Gasteiger partial charge in [0.25, 0.3) is 0 Å². The molecule has 0 N–H and O–H groups in total. The molecule has 0 unspecified atom stereocenters. The molecule has 0 aromatic rings. The van der Waals surface area contributed by atoms with Gasteiger partial charge in [0, 0.05) is 9.85 Å². The molecule has 18 heavy (non-hydrogen) atoms. The zero-order valence-electron chi connectivity index (χ0n) is 11.4. The number of rotatable bonds is 11. The molecule has 0 fully saturated rings. The predicted octanol–water partition coefficient (Wildman–Crippen LogP) is 3.30. The molecule has 0 heterocycles. The fraction of sp³-hybridized carbons (Fsp3) is 1.00. The van der Waals surface area contributed by atoms with Crippen LogP contribution >= 0.6 is 0 Å². The first-order valence-electron chi connectivity index (χ1n) is 6.63. The van der Waals surface area contributed by atoms with Crippen molar-refractivity contribution in [3.05, 3.63) is 20.2 Å². The summed E-state index contributed by atoms with van der Waals surface area (Å²) in [5.41, 5.74) is -0.808. The molecule has 0 aliphatic carbocycles. The monoisotopic (exact) mass is 260 g/mol. The van der Waals surface area contributed by atoms with Crippen molar-refractivity contribution in [3.8, 4) is 0 Å². The largest absolute Gasteiger partial charge is 0.265 e. The van der Waals surface area contributed by atoms with Crippen LogP contribution in [0, 0.1) is 25.6 Å². The number of nitro groups is 2. The van der Waals surface area contributed by atoms with E-state index in [0.717, 1.165) is 19.3 Å². The van der Waals surface area contributed by atoms with Gasteiger partial charge in [0.1, 0.15) is 0 Å². The smallest absolute Gasteiger partial charge is 0.215 e. The van der Waals surface area contributed by atoms with E-state index in [0.29, 0.717) is 6.42 Å². The lowest BCUT2D eigenvalue weighted by molar-refractivity contribution is -0.538. The molecule has 0 saturated heterocycles. The highest BCUT2D eigenvalue weighted by atomic mass is 16.6. The lowest BCUT2D eigenvalue weighted by atomic mass is 9.84. The highest BCUT2D eigenvalue weighted by Gasteiger charge is 2.35. The van der Waals surface area contributed by atoms with E-state index in [1.165, 1.54) is 19.3 Å². The van der Waals surface area contributed by atoms with Gasteiger partial charge in [-0.3, -0.25) is 20.2 Å². The van der Waals surface area contributed by atoms with E-state index in [9.17, 15) is 20.2 Å². The standard InChI is InChI=1S/C12H24N2O4/c1-3-4-5-6-7-8-9-12(2,10-13(15)16)11-14(17)18/h3-11H2,1-2H3. The van der Waals surface area contributed by atoms with Gasteiger partial charge in [0.15, 0.2) is 0 Å². The molecule has 0 radical (unpaired) electrons. The predicted molar refractivity (Wildman–Crippen MR) is 69.8 cm³/mol. The topological polar surface area (TPSA) is 86.3 Å². The first-order chi connectivity index (χ1) is 8.39. The number of hydrogen-bond donors (Lipinski definition) is 0. The minimum absolute atomic E-state index is 0.317. The van der Waals surface area contributed by atoms with E-state index in [1.807, 2.05) is 0 Å². The molecule has 0 bridgehead atoms. The van der Waals surface area contributed by atoms with E-state index in [4.69, 9.17) is 0 Å². The summed E-state index contributed by atoms with van der Waals surface area (Å²) >= 11 is 0. The number of nitrogens with zero attached hydrogens (tertiary/aromatic N) is 2. The molecule has 0 aromatic carbocycles. The van der Waals surface area contributed by atoms with Gasteiger partial charge in [-0.05, 0) is 13.3 Å². The van der Waals surface area contributed by atoms with Crippen molar-refractivity contribution in [1.82, 2.24) is 0 Å². The Kier molecular flexibility index (Phi) is 8.24. The van der Waals surface area contributed by atoms with Crippen molar-refractivity contribution in [2.75, 3.05) is 13.1 Å². The van der Waals surface area contributed by atoms with Crippen LogP contribution in [0.1, 0.15) is 58.8 Å².